The van der Waals surface area contributed by atoms with Crippen LogP contribution in [0.25, 0.3) is 10.8 Å². The Bertz CT molecular complexity index is 1620. The fourth-order valence-electron chi connectivity index (χ4n) is 7.17. The molecule has 3 aliphatic heterocycles. The third-order valence-electron chi connectivity index (χ3n) is 9.71. The first-order chi connectivity index (χ1) is 20.2. The highest BCUT2D eigenvalue weighted by Crippen LogP contribution is 2.43. The fraction of sp³-hybridized carbons (Fsp3) is 0.516. The van der Waals surface area contributed by atoms with Crippen molar-refractivity contribution in [2.24, 2.45) is 5.41 Å². The van der Waals surface area contributed by atoms with Gasteiger partial charge in [-0.25, -0.2) is 21.1 Å². The molecular formula is C31H39ClN4O4S2. The smallest absolute Gasteiger partial charge is 0.243 e. The second-order valence-electron chi connectivity index (χ2n) is 12.1. The largest absolute Gasteiger partial charge is 0.371 e. The van der Waals surface area contributed by atoms with Gasteiger partial charge in [0.1, 0.15) is 0 Å². The van der Waals surface area contributed by atoms with Crippen LogP contribution in [0.4, 0.5) is 5.69 Å². The predicted molar refractivity (Wildman–Crippen MR) is 168 cm³/mol. The molecule has 8 nitrogen and oxygen atoms in total. The Hall–Kier alpha value is -2.24. The molecule has 6 rings (SSSR count). The van der Waals surface area contributed by atoms with Crippen LogP contribution in [0, 0.1) is 5.41 Å². The lowest BCUT2D eigenvalue weighted by Crippen LogP contribution is -2.48. The first-order valence-corrected chi connectivity index (χ1v) is 18.4. The van der Waals surface area contributed by atoms with E-state index in [1.54, 1.807) is 38.9 Å². The van der Waals surface area contributed by atoms with Gasteiger partial charge in [-0.05, 0) is 81.0 Å². The van der Waals surface area contributed by atoms with Crippen LogP contribution >= 0.6 is 11.6 Å². The van der Waals surface area contributed by atoms with Crippen molar-refractivity contribution in [2.75, 3.05) is 43.4 Å². The summed E-state index contributed by atoms with van der Waals surface area (Å²) < 4.78 is 57.4. The summed E-state index contributed by atoms with van der Waals surface area (Å²) in [6, 6.07) is 14.4. The number of halogens is 1. The zero-order chi connectivity index (χ0) is 29.4. The molecule has 0 unspecified atom stereocenters. The maximum absolute atomic E-state index is 13.8. The summed E-state index contributed by atoms with van der Waals surface area (Å²) in [5, 5.41) is 1.85. The minimum absolute atomic E-state index is 0.0596. The van der Waals surface area contributed by atoms with E-state index in [1.165, 1.54) is 5.69 Å². The van der Waals surface area contributed by atoms with Crippen LogP contribution in [0.15, 0.2) is 65.8 Å². The number of anilines is 1. The van der Waals surface area contributed by atoms with Crippen molar-refractivity contribution in [2.45, 2.75) is 62.3 Å². The van der Waals surface area contributed by atoms with Crippen LogP contribution in [0.5, 0.6) is 0 Å². The van der Waals surface area contributed by atoms with Crippen molar-refractivity contribution in [3.63, 3.8) is 0 Å². The third-order valence-corrected chi connectivity index (χ3v) is 14.0. The van der Waals surface area contributed by atoms with E-state index in [-0.39, 0.29) is 22.1 Å². The number of fused-ring (bicyclic) bond motifs is 1. The highest BCUT2D eigenvalue weighted by molar-refractivity contribution is 7.89. The normalized spacial score (nSPS) is 22.2. The van der Waals surface area contributed by atoms with E-state index in [2.05, 4.69) is 9.88 Å². The summed E-state index contributed by atoms with van der Waals surface area (Å²) in [6.07, 6.45) is 10.1. The minimum atomic E-state index is -3.75. The molecule has 3 aromatic rings. The van der Waals surface area contributed by atoms with Gasteiger partial charge in [0.05, 0.1) is 10.6 Å². The molecule has 1 spiro atoms. The first kappa shape index (κ1) is 29.8. The van der Waals surface area contributed by atoms with Gasteiger partial charge in [-0.15, -0.1) is 0 Å². The third kappa shape index (κ3) is 5.93. The molecule has 1 aromatic heterocycles. The molecule has 3 aliphatic rings. The highest BCUT2D eigenvalue weighted by Gasteiger charge is 2.41. The van der Waals surface area contributed by atoms with Gasteiger partial charge in [-0.1, -0.05) is 35.9 Å². The van der Waals surface area contributed by atoms with Crippen LogP contribution < -0.4 is 4.90 Å². The molecule has 2 aromatic carbocycles. The summed E-state index contributed by atoms with van der Waals surface area (Å²) in [4.78, 5) is 6.78. The van der Waals surface area contributed by atoms with E-state index < -0.39 is 20.0 Å². The van der Waals surface area contributed by atoms with Gasteiger partial charge in [-0.3, -0.25) is 4.98 Å². The molecule has 0 amide bonds. The van der Waals surface area contributed by atoms with Crippen LogP contribution in [0.3, 0.4) is 0 Å². The zero-order valence-corrected chi connectivity index (χ0v) is 26.3. The SMILES string of the molecule is O=S(=O)(CCC[C@@H]1CCCN1S(=O)(=O)c1cccc2c(Cl)cccc12)N1CCC2(CCN(c3ccncc3)CC2)CC1. The Labute approximate surface area is 254 Å². The van der Waals surface area contributed by atoms with Gasteiger partial charge in [0.25, 0.3) is 0 Å². The number of piperidine rings is 2. The zero-order valence-electron chi connectivity index (χ0n) is 23.9. The van der Waals surface area contributed by atoms with E-state index in [0.29, 0.717) is 48.3 Å². The Balaban J connectivity index is 1.03. The molecule has 3 saturated heterocycles. The molecule has 1 atom stereocenters. The monoisotopic (exact) mass is 630 g/mol. The van der Waals surface area contributed by atoms with Gasteiger partial charge in [0, 0.05) is 72.6 Å². The van der Waals surface area contributed by atoms with Crippen molar-refractivity contribution in [1.29, 1.82) is 0 Å². The maximum atomic E-state index is 13.8. The van der Waals surface area contributed by atoms with Crippen LogP contribution in [-0.2, 0) is 20.0 Å². The molecule has 11 heteroatoms. The quantitative estimate of drug-likeness (QED) is 0.325. The molecule has 0 N–H and O–H groups in total. The highest BCUT2D eigenvalue weighted by atomic mass is 35.5. The topological polar surface area (TPSA) is 90.9 Å². The molecule has 226 valence electrons. The number of pyridine rings is 1. The van der Waals surface area contributed by atoms with E-state index in [4.69, 9.17) is 11.6 Å². The van der Waals surface area contributed by atoms with Crippen molar-refractivity contribution in [3.8, 4) is 0 Å². The van der Waals surface area contributed by atoms with Gasteiger partial charge >= 0.3 is 0 Å². The van der Waals surface area contributed by atoms with E-state index in [9.17, 15) is 16.8 Å². The summed E-state index contributed by atoms with van der Waals surface area (Å²) in [5.41, 5.74) is 1.43. The van der Waals surface area contributed by atoms with Gasteiger partial charge in [-0.2, -0.15) is 4.31 Å². The maximum Gasteiger partial charge on any atom is 0.243 e. The number of aromatic nitrogens is 1. The summed E-state index contributed by atoms with van der Waals surface area (Å²) in [5.74, 6) is 0.0596. The number of sulfonamides is 2. The van der Waals surface area contributed by atoms with Crippen molar-refractivity contribution in [3.05, 3.63) is 65.9 Å². The molecule has 0 aliphatic carbocycles. The number of hydrogen-bond acceptors (Lipinski definition) is 6. The van der Waals surface area contributed by atoms with Crippen molar-refractivity contribution in [1.82, 2.24) is 13.6 Å². The average molecular weight is 631 g/mol. The number of nitrogens with zero attached hydrogens (tertiary/aromatic N) is 4. The standard InChI is InChI=1S/C31H39ClN4O4S2/c32-29-9-1-8-28-27(29)7-2-10-30(28)42(39,40)36-19-3-5-26(36)6-4-24-41(37,38)35-22-15-31(16-23-35)13-20-34(21-14-31)25-11-17-33-18-12-25/h1-2,7-12,17-18,26H,3-6,13-16,19-24H2/t26-/m0/s1. The first-order valence-electron chi connectivity index (χ1n) is 15.0. The van der Waals surface area contributed by atoms with Gasteiger partial charge in [0.15, 0.2) is 0 Å². The predicted octanol–water partition coefficient (Wildman–Crippen LogP) is 5.53. The summed E-state index contributed by atoms with van der Waals surface area (Å²) >= 11 is 6.34. The fourth-order valence-corrected chi connectivity index (χ4v) is 10.9. The second kappa shape index (κ2) is 12.0. The number of hydrogen-bond donors (Lipinski definition) is 0. The van der Waals surface area contributed by atoms with Crippen molar-refractivity contribution < 1.29 is 16.8 Å². The Morgan fingerprint density at radius 3 is 2.24 bits per heavy atom. The molecule has 4 heterocycles. The molecule has 42 heavy (non-hydrogen) atoms. The van der Waals surface area contributed by atoms with E-state index in [1.807, 2.05) is 30.6 Å². The molecule has 0 radical (unpaired) electrons. The van der Waals surface area contributed by atoms with E-state index >= 15 is 0 Å². The second-order valence-corrected chi connectivity index (χ2v) is 16.4. The number of rotatable bonds is 8. The summed E-state index contributed by atoms with van der Waals surface area (Å²) in [7, 11) is -7.14. The molecule has 0 saturated carbocycles. The van der Waals surface area contributed by atoms with Crippen LogP contribution in [0.2, 0.25) is 5.02 Å². The lowest BCUT2D eigenvalue weighted by Gasteiger charge is -2.47. The number of benzene rings is 2. The Morgan fingerprint density at radius 2 is 1.50 bits per heavy atom. The van der Waals surface area contributed by atoms with Crippen LogP contribution in [0.1, 0.15) is 51.4 Å². The van der Waals surface area contributed by atoms with Crippen molar-refractivity contribution >= 4 is 48.1 Å². The Morgan fingerprint density at radius 1 is 0.833 bits per heavy atom. The average Bonchev–Trinajstić information content (AvgIpc) is 3.48. The van der Waals surface area contributed by atoms with Crippen LogP contribution in [-0.4, -0.2) is 74.9 Å². The lowest BCUT2D eigenvalue weighted by atomic mass is 9.71. The minimum Gasteiger partial charge on any atom is -0.371 e. The van der Waals surface area contributed by atoms with Gasteiger partial charge < -0.3 is 4.90 Å². The summed E-state index contributed by atoms with van der Waals surface area (Å²) in [6.45, 7) is 3.58. The molecular weight excluding hydrogens is 592 g/mol. The molecule has 0 bridgehead atoms. The van der Waals surface area contributed by atoms with E-state index in [0.717, 1.165) is 51.6 Å². The van der Waals surface area contributed by atoms with Gasteiger partial charge in [0.2, 0.25) is 20.0 Å². The lowest BCUT2D eigenvalue weighted by molar-refractivity contribution is 0.119. The molecule has 3 fully saturated rings. The Kier molecular flexibility index (Phi) is 8.54.